The van der Waals surface area contributed by atoms with Gasteiger partial charge in [-0.25, -0.2) is 4.98 Å². The van der Waals surface area contributed by atoms with Crippen molar-refractivity contribution < 1.29 is 14.3 Å². The van der Waals surface area contributed by atoms with Crippen molar-refractivity contribution in [2.45, 2.75) is 58.3 Å². The molecule has 1 heterocycles. The first-order valence-corrected chi connectivity index (χ1v) is 10.7. The molecule has 5 nitrogen and oxygen atoms in total. The van der Waals surface area contributed by atoms with Gasteiger partial charge in [0.2, 0.25) is 0 Å². The van der Waals surface area contributed by atoms with Gasteiger partial charge in [-0.1, -0.05) is 38.3 Å². The summed E-state index contributed by atoms with van der Waals surface area (Å²) in [5.41, 5.74) is 0.932. The minimum absolute atomic E-state index is 0.0941. The van der Waals surface area contributed by atoms with E-state index in [4.69, 9.17) is 9.72 Å². The van der Waals surface area contributed by atoms with Crippen molar-refractivity contribution in [3.63, 3.8) is 0 Å². The Morgan fingerprint density at radius 2 is 2.00 bits per heavy atom. The van der Waals surface area contributed by atoms with Gasteiger partial charge in [-0.2, -0.15) is 0 Å². The monoisotopic (exact) mass is 388 g/mol. The van der Waals surface area contributed by atoms with Gasteiger partial charge in [-0.3, -0.25) is 9.59 Å². The molecule has 1 N–H and O–H groups in total. The van der Waals surface area contributed by atoms with Crippen LogP contribution in [0, 0.1) is 5.41 Å². The summed E-state index contributed by atoms with van der Waals surface area (Å²) in [4.78, 5) is 28.9. The van der Waals surface area contributed by atoms with E-state index in [2.05, 4.69) is 11.4 Å². The van der Waals surface area contributed by atoms with Gasteiger partial charge in [0.1, 0.15) is 0 Å². The third kappa shape index (κ3) is 5.51. The summed E-state index contributed by atoms with van der Waals surface area (Å²) in [5, 5.41) is 3.82. The number of benzene rings is 1. The maximum Gasteiger partial charge on any atom is 0.306 e. The summed E-state index contributed by atoms with van der Waals surface area (Å²) in [6.45, 7) is 2.41. The van der Waals surface area contributed by atoms with Crippen molar-refractivity contribution in [3.8, 4) is 0 Å². The molecule has 0 unspecified atom stereocenters. The number of fused-ring (bicyclic) bond motifs is 1. The zero-order valence-electron chi connectivity index (χ0n) is 16.0. The van der Waals surface area contributed by atoms with Crippen LogP contribution in [0.2, 0.25) is 0 Å². The first kappa shape index (κ1) is 19.8. The lowest BCUT2D eigenvalue weighted by Gasteiger charge is -2.36. The predicted molar refractivity (Wildman–Crippen MR) is 108 cm³/mol. The Balaban J connectivity index is 1.63. The van der Waals surface area contributed by atoms with Crippen molar-refractivity contribution in [3.05, 3.63) is 29.3 Å². The van der Waals surface area contributed by atoms with E-state index in [0.717, 1.165) is 49.0 Å². The standard InChI is InChI=1S/C21H28N2O3S/c1-2-12-22-18(24)15-26-20(25)14-21(10-6-3-7-11-21)13-19-23-16-8-4-5-9-17(16)27-19/h4-5,8-9H,2-3,6-7,10-15H2,1H3,(H,22,24). The Morgan fingerprint density at radius 1 is 1.22 bits per heavy atom. The minimum atomic E-state index is -0.273. The van der Waals surface area contributed by atoms with Crippen LogP contribution in [0.4, 0.5) is 0 Å². The van der Waals surface area contributed by atoms with Crippen molar-refractivity contribution >= 4 is 33.4 Å². The summed E-state index contributed by atoms with van der Waals surface area (Å²) in [5.74, 6) is -0.501. The molecule has 1 amide bonds. The van der Waals surface area contributed by atoms with Crippen LogP contribution in [0.15, 0.2) is 24.3 Å². The number of hydrogen-bond donors (Lipinski definition) is 1. The van der Waals surface area contributed by atoms with Crippen LogP contribution in [-0.2, 0) is 20.7 Å². The van der Waals surface area contributed by atoms with Gasteiger partial charge in [0.25, 0.3) is 5.91 Å². The molecule has 1 aliphatic carbocycles. The Labute approximate surface area is 164 Å². The number of carbonyl (C=O) groups is 2. The van der Waals surface area contributed by atoms with E-state index < -0.39 is 0 Å². The van der Waals surface area contributed by atoms with Gasteiger partial charge in [0, 0.05) is 13.0 Å². The lowest BCUT2D eigenvalue weighted by molar-refractivity contribution is -0.151. The number of aromatic nitrogens is 1. The first-order valence-electron chi connectivity index (χ1n) is 9.87. The second-order valence-corrected chi connectivity index (χ2v) is 8.62. The van der Waals surface area contributed by atoms with E-state index in [9.17, 15) is 9.59 Å². The fourth-order valence-electron chi connectivity index (χ4n) is 3.85. The molecular formula is C21H28N2O3S. The topological polar surface area (TPSA) is 68.3 Å². The summed E-state index contributed by atoms with van der Waals surface area (Å²) >= 11 is 1.72. The summed E-state index contributed by atoms with van der Waals surface area (Å²) in [6.07, 6.45) is 7.55. The predicted octanol–water partition coefficient (Wildman–Crippen LogP) is 4.25. The molecule has 1 aromatic heterocycles. The number of para-hydroxylation sites is 1. The number of thiazole rings is 1. The van der Waals surface area contributed by atoms with Crippen LogP contribution in [0.25, 0.3) is 10.2 Å². The van der Waals surface area contributed by atoms with E-state index in [0.29, 0.717) is 13.0 Å². The molecule has 1 aliphatic rings. The lowest BCUT2D eigenvalue weighted by atomic mass is 9.70. The largest absolute Gasteiger partial charge is 0.456 e. The maximum atomic E-state index is 12.4. The molecule has 0 atom stereocenters. The quantitative estimate of drug-likeness (QED) is 0.687. The Hall–Kier alpha value is -1.95. The number of esters is 1. The van der Waals surface area contributed by atoms with Crippen molar-refractivity contribution in [1.29, 1.82) is 0 Å². The van der Waals surface area contributed by atoms with Gasteiger partial charge in [-0.15, -0.1) is 11.3 Å². The fraction of sp³-hybridized carbons (Fsp3) is 0.571. The van der Waals surface area contributed by atoms with Crippen LogP contribution >= 0.6 is 11.3 Å². The van der Waals surface area contributed by atoms with Crippen LogP contribution < -0.4 is 5.32 Å². The smallest absolute Gasteiger partial charge is 0.306 e. The van der Waals surface area contributed by atoms with Gasteiger partial charge < -0.3 is 10.1 Å². The molecule has 0 radical (unpaired) electrons. The van der Waals surface area contributed by atoms with E-state index >= 15 is 0 Å². The molecule has 146 valence electrons. The molecule has 1 saturated carbocycles. The molecule has 0 bridgehead atoms. The minimum Gasteiger partial charge on any atom is -0.456 e. The third-order valence-electron chi connectivity index (χ3n) is 5.23. The van der Waals surface area contributed by atoms with Crippen LogP contribution in [0.1, 0.15) is 56.9 Å². The molecular weight excluding hydrogens is 360 g/mol. The molecule has 0 spiro atoms. The summed E-state index contributed by atoms with van der Waals surface area (Å²) in [6, 6.07) is 8.16. The number of rotatable bonds is 8. The fourth-order valence-corrected chi connectivity index (χ4v) is 4.99. The third-order valence-corrected chi connectivity index (χ3v) is 6.27. The van der Waals surface area contributed by atoms with E-state index in [1.54, 1.807) is 11.3 Å². The summed E-state index contributed by atoms with van der Waals surface area (Å²) in [7, 11) is 0. The highest BCUT2D eigenvalue weighted by atomic mass is 32.1. The molecule has 0 saturated heterocycles. The highest BCUT2D eigenvalue weighted by Gasteiger charge is 2.36. The van der Waals surface area contributed by atoms with Crippen LogP contribution in [0.3, 0.4) is 0 Å². The van der Waals surface area contributed by atoms with Gasteiger partial charge >= 0.3 is 5.97 Å². The number of nitrogens with one attached hydrogen (secondary N) is 1. The molecule has 0 aliphatic heterocycles. The number of hydrogen-bond acceptors (Lipinski definition) is 5. The SMILES string of the molecule is CCCNC(=O)COC(=O)CC1(Cc2nc3ccccc3s2)CCCCC1. The molecule has 1 aromatic carbocycles. The second-order valence-electron chi connectivity index (χ2n) is 7.50. The maximum absolute atomic E-state index is 12.4. The van der Waals surface area contributed by atoms with Crippen molar-refractivity contribution in [2.75, 3.05) is 13.2 Å². The van der Waals surface area contributed by atoms with Crippen LogP contribution in [0.5, 0.6) is 0 Å². The van der Waals surface area contributed by atoms with Gasteiger partial charge in [0.05, 0.1) is 21.6 Å². The number of nitrogens with zero attached hydrogens (tertiary/aromatic N) is 1. The van der Waals surface area contributed by atoms with E-state index in [1.807, 2.05) is 25.1 Å². The van der Waals surface area contributed by atoms with Gasteiger partial charge in [0.15, 0.2) is 6.61 Å². The Morgan fingerprint density at radius 3 is 2.74 bits per heavy atom. The molecule has 3 rings (SSSR count). The average Bonchev–Trinajstić information content (AvgIpc) is 3.07. The summed E-state index contributed by atoms with van der Waals surface area (Å²) < 4.78 is 6.45. The highest BCUT2D eigenvalue weighted by molar-refractivity contribution is 7.18. The highest BCUT2D eigenvalue weighted by Crippen LogP contribution is 2.43. The van der Waals surface area contributed by atoms with Gasteiger partial charge in [-0.05, 0) is 36.8 Å². The zero-order chi connectivity index (χ0) is 19.1. The normalized spacial score (nSPS) is 16.2. The molecule has 1 fully saturated rings. The number of amides is 1. The average molecular weight is 389 g/mol. The van der Waals surface area contributed by atoms with E-state index in [1.165, 1.54) is 11.1 Å². The first-order chi connectivity index (χ1) is 13.1. The Kier molecular flexibility index (Phi) is 6.83. The number of ether oxygens (including phenoxy) is 1. The number of carbonyl (C=O) groups excluding carboxylic acids is 2. The second kappa shape index (κ2) is 9.31. The molecule has 2 aromatic rings. The Bertz CT molecular complexity index is 748. The molecule has 27 heavy (non-hydrogen) atoms. The lowest BCUT2D eigenvalue weighted by Crippen LogP contribution is -2.33. The van der Waals surface area contributed by atoms with Crippen molar-refractivity contribution in [1.82, 2.24) is 10.3 Å². The van der Waals surface area contributed by atoms with E-state index in [-0.39, 0.29) is 23.9 Å². The van der Waals surface area contributed by atoms with Crippen molar-refractivity contribution in [2.24, 2.45) is 5.41 Å². The zero-order valence-corrected chi connectivity index (χ0v) is 16.8. The molecule has 6 heteroatoms. The van der Waals surface area contributed by atoms with Crippen LogP contribution in [-0.4, -0.2) is 30.0 Å².